The predicted octanol–water partition coefficient (Wildman–Crippen LogP) is 4.23. The highest BCUT2D eigenvalue weighted by atomic mass is 79.9. The van der Waals surface area contributed by atoms with Gasteiger partial charge in [-0.15, -0.1) is 6.42 Å². The summed E-state index contributed by atoms with van der Waals surface area (Å²) in [5.41, 5.74) is 0. The lowest BCUT2D eigenvalue weighted by atomic mass is 9.76. The Morgan fingerprint density at radius 1 is 1.61 bits per heavy atom. The molecule has 18 heavy (non-hydrogen) atoms. The van der Waals surface area contributed by atoms with E-state index in [-0.39, 0.29) is 17.2 Å². The van der Waals surface area contributed by atoms with Crippen molar-refractivity contribution in [3.63, 3.8) is 0 Å². The number of rotatable bonds is 6. The molecule has 1 aliphatic carbocycles. The van der Waals surface area contributed by atoms with E-state index in [0.717, 1.165) is 23.7 Å². The van der Waals surface area contributed by atoms with E-state index in [1.54, 1.807) is 7.11 Å². The van der Waals surface area contributed by atoms with Gasteiger partial charge in [-0.25, -0.2) is 0 Å². The molecular weight excluding hydrogens is 360 g/mol. The van der Waals surface area contributed by atoms with Crippen LogP contribution in [0.1, 0.15) is 32.1 Å². The largest absolute Gasteiger partial charge is 0.354 e. The molecule has 1 aliphatic rings. The van der Waals surface area contributed by atoms with Gasteiger partial charge in [-0.3, -0.25) is 0 Å². The number of allylic oxidation sites excluding steroid dienone is 1. The number of halogens is 2. The minimum Gasteiger partial charge on any atom is -0.354 e. The van der Waals surface area contributed by atoms with Crippen molar-refractivity contribution in [1.82, 2.24) is 0 Å². The Morgan fingerprint density at radius 2 is 2.33 bits per heavy atom. The van der Waals surface area contributed by atoms with E-state index >= 15 is 0 Å². The van der Waals surface area contributed by atoms with Crippen LogP contribution in [-0.2, 0) is 9.47 Å². The molecule has 0 saturated heterocycles. The second kappa shape index (κ2) is 7.69. The van der Waals surface area contributed by atoms with Gasteiger partial charge in [0.05, 0.1) is 4.32 Å². The molecule has 0 bridgehead atoms. The summed E-state index contributed by atoms with van der Waals surface area (Å²) in [6, 6.07) is 0. The fraction of sp³-hybridized carbons (Fsp3) is 0.714. The van der Waals surface area contributed by atoms with Gasteiger partial charge >= 0.3 is 0 Å². The molecule has 0 amide bonds. The molecule has 0 aromatic carbocycles. The Labute approximate surface area is 127 Å². The molecule has 0 spiro atoms. The topological polar surface area (TPSA) is 18.5 Å². The Balaban J connectivity index is 2.81. The fourth-order valence-corrected chi connectivity index (χ4v) is 3.99. The summed E-state index contributed by atoms with van der Waals surface area (Å²) in [4.78, 5) is 0. The summed E-state index contributed by atoms with van der Waals surface area (Å²) < 4.78 is 12.0. The van der Waals surface area contributed by atoms with Crippen molar-refractivity contribution in [2.75, 3.05) is 13.7 Å². The molecule has 1 fully saturated rings. The minimum absolute atomic E-state index is 0.173. The van der Waals surface area contributed by atoms with Gasteiger partial charge in [0.25, 0.3) is 0 Å². The highest BCUT2D eigenvalue weighted by molar-refractivity contribution is 9.11. The lowest BCUT2D eigenvalue weighted by Crippen LogP contribution is -2.48. The molecule has 0 N–H and O–H groups in total. The van der Waals surface area contributed by atoms with Crippen LogP contribution in [0.4, 0.5) is 0 Å². The van der Waals surface area contributed by atoms with Gasteiger partial charge in [0.15, 0.2) is 6.29 Å². The van der Waals surface area contributed by atoms with Gasteiger partial charge < -0.3 is 9.47 Å². The van der Waals surface area contributed by atoms with Crippen LogP contribution >= 0.6 is 31.9 Å². The van der Waals surface area contributed by atoms with Crippen molar-refractivity contribution in [2.24, 2.45) is 5.92 Å². The van der Waals surface area contributed by atoms with Crippen LogP contribution in [0.3, 0.4) is 0 Å². The smallest absolute Gasteiger partial charge is 0.173 e. The van der Waals surface area contributed by atoms with Crippen molar-refractivity contribution < 1.29 is 9.47 Å². The average Bonchev–Trinajstić information content (AvgIpc) is 2.33. The first kappa shape index (κ1) is 16.2. The zero-order valence-corrected chi connectivity index (χ0v) is 13.9. The number of hydrogen-bond acceptors (Lipinski definition) is 2. The molecule has 2 nitrogen and oxygen atoms in total. The maximum absolute atomic E-state index is 5.64. The van der Waals surface area contributed by atoms with Crippen LogP contribution in [0.25, 0.3) is 0 Å². The van der Waals surface area contributed by atoms with Crippen LogP contribution in [0.5, 0.6) is 0 Å². The second-order valence-corrected chi connectivity index (χ2v) is 7.27. The summed E-state index contributed by atoms with van der Waals surface area (Å²) in [5.74, 6) is 2.94. The van der Waals surface area contributed by atoms with Crippen LogP contribution in [0.15, 0.2) is 11.1 Å². The van der Waals surface area contributed by atoms with Gasteiger partial charge in [-0.1, -0.05) is 57.2 Å². The predicted molar refractivity (Wildman–Crippen MR) is 81.9 cm³/mol. The quantitative estimate of drug-likeness (QED) is 0.390. The SMILES string of the molecule is C#CCO[C@@H](OC)[C@]1(Br)CCCC[C@@H]1CC(=C)Br. The van der Waals surface area contributed by atoms with Crippen molar-refractivity contribution in [1.29, 1.82) is 0 Å². The Hall–Kier alpha value is 0.180. The van der Waals surface area contributed by atoms with E-state index in [0.29, 0.717) is 5.92 Å². The number of terminal acetylenes is 1. The summed E-state index contributed by atoms with van der Waals surface area (Å²) in [6.45, 7) is 4.22. The van der Waals surface area contributed by atoms with Crippen molar-refractivity contribution in [3.05, 3.63) is 11.1 Å². The van der Waals surface area contributed by atoms with Crippen LogP contribution in [0, 0.1) is 18.3 Å². The molecule has 0 unspecified atom stereocenters. The first-order valence-corrected chi connectivity index (χ1v) is 7.73. The minimum atomic E-state index is -0.314. The maximum atomic E-state index is 5.64. The lowest BCUT2D eigenvalue weighted by Gasteiger charge is -2.43. The number of ether oxygens (including phenoxy) is 2. The van der Waals surface area contributed by atoms with Crippen molar-refractivity contribution in [3.8, 4) is 12.3 Å². The van der Waals surface area contributed by atoms with E-state index in [4.69, 9.17) is 15.9 Å². The first-order chi connectivity index (χ1) is 8.54. The molecule has 1 saturated carbocycles. The molecule has 4 heteroatoms. The summed E-state index contributed by atoms with van der Waals surface area (Å²) in [6.07, 6.45) is 10.5. The van der Waals surface area contributed by atoms with Crippen molar-refractivity contribution in [2.45, 2.75) is 42.7 Å². The first-order valence-electron chi connectivity index (χ1n) is 6.14. The van der Waals surface area contributed by atoms with Gasteiger partial charge in [0, 0.05) is 7.11 Å². The number of alkyl halides is 1. The molecule has 0 heterocycles. The molecule has 0 aromatic rings. The molecule has 0 aliphatic heterocycles. The average molecular weight is 380 g/mol. The highest BCUT2D eigenvalue weighted by Gasteiger charge is 2.45. The van der Waals surface area contributed by atoms with Crippen molar-refractivity contribution >= 4 is 31.9 Å². The molecule has 0 radical (unpaired) electrons. The zero-order valence-electron chi connectivity index (χ0n) is 10.8. The van der Waals surface area contributed by atoms with Gasteiger partial charge in [0.1, 0.15) is 6.61 Å². The molecule has 0 aromatic heterocycles. The van der Waals surface area contributed by atoms with Crippen LogP contribution in [0.2, 0.25) is 0 Å². The number of hydrogen-bond donors (Lipinski definition) is 0. The van der Waals surface area contributed by atoms with E-state index in [2.05, 4.69) is 44.4 Å². The summed E-state index contributed by atoms with van der Waals surface area (Å²) in [7, 11) is 1.67. The third-order valence-electron chi connectivity index (χ3n) is 3.43. The molecular formula is C14H20Br2O2. The Bertz CT molecular complexity index is 324. The standard InChI is InChI=1S/C14H20Br2O2/c1-4-9-18-13(17-3)14(16)8-6-5-7-12(14)10-11(2)15/h1,12-13H,2,5-10H2,3H3/t12-,13-,14+/m1/s1. The van der Waals surface area contributed by atoms with E-state index in [1.165, 1.54) is 12.8 Å². The van der Waals surface area contributed by atoms with E-state index in [1.807, 2.05) is 0 Å². The lowest BCUT2D eigenvalue weighted by molar-refractivity contribution is -0.149. The third-order valence-corrected chi connectivity index (χ3v) is 5.17. The van der Waals surface area contributed by atoms with Crippen LogP contribution < -0.4 is 0 Å². The third kappa shape index (κ3) is 4.09. The fourth-order valence-electron chi connectivity index (χ4n) is 2.61. The van der Waals surface area contributed by atoms with Crippen LogP contribution in [-0.4, -0.2) is 24.3 Å². The maximum Gasteiger partial charge on any atom is 0.173 e. The second-order valence-electron chi connectivity index (χ2n) is 4.67. The van der Waals surface area contributed by atoms with Gasteiger partial charge in [0.2, 0.25) is 0 Å². The Kier molecular flexibility index (Phi) is 6.94. The summed E-state index contributed by atoms with van der Waals surface area (Å²) >= 11 is 7.32. The monoisotopic (exact) mass is 378 g/mol. The summed E-state index contributed by atoms with van der Waals surface area (Å²) in [5, 5.41) is 0. The van der Waals surface area contributed by atoms with Gasteiger partial charge in [-0.05, 0) is 29.7 Å². The van der Waals surface area contributed by atoms with E-state index < -0.39 is 0 Å². The highest BCUT2D eigenvalue weighted by Crippen LogP contribution is 2.47. The Morgan fingerprint density at radius 3 is 2.89 bits per heavy atom. The normalized spacial score (nSPS) is 29.6. The van der Waals surface area contributed by atoms with Gasteiger partial charge in [-0.2, -0.15) is 0 Å². The number of methoxy groups -OCH3 is 1. The molecule has 102 valence electrons. The molecule has 3 atom stereocenters. The zero-order chi connectivity index (χ0) is 13.6. The molecule has 1 rings (SSSR count). The van der Waals surface area contributed by atoms with E-state index in [9.17, 15) is 0 Å².